The molecule has 1 aromatic rings. The average molecular weight is 183 g/mol. The van der Waals surface area contributed by atoms with Crippen molar-refractivity contribution in [2.24, 2.45) is 5.73 Å². The molecule has 0 aromatic heterocycles. The van der Waals surface area contributed by atoms with Crippen molar-refractivity contribution in [1.29, 1.82) is 0 Å². The lowest BCUT2D eigenvalue weighted by molar-refractivity contribution is 0.377. The van der Waals surface area contributed by atoms with E-state index in [1.807, 2.05) is 0 Å². The molecule has 13 heavy (non-hydrogen) atoms. The van der Waals surface area contributed by atoms with Gasteiger partial charge in [-0.2, -0.15) is 0 Å². The van der Waals surface area contributed by atoms with Crippen LogP contribution < -0.4 is 10.5 Å². The van der Waals surface area contributed by atoms with E-state index in [0.29, 0.717) is 11.1 Å². The van der Waals surface area contributed by atoms with Crippen molar-refractivity contribution in [3.63, 3.8) is 0 Å². The molecule has 0 aliphatic heterocycles. The monoisotopic (exact) mass is 183 g/mol. The summed E-state index contributed by atoms with van der Waals surface area (Å²) >= 11 is 0. The largest absolute Gasteiger partial charge is 0.493 e. The van der Waals surface area contributed by atoms with Gasteiger partial charge in [-0.3, -0.25) is 0 Å². The summed E-state index contributed by atoms with van der Waals surface area (Å²) in [5.41, 5.74) is 6.93. The molecule has 0 radical (unpaired) electrons. The number of ether oxygens (including phenoxy) is 1. The normalized spacial score (nSPS) is 12.7. The Kier molecular flexibility index (Phi) is 2.88. The molecule has 0 heterocycles. The van der Waals surface area contributed by atoms with Crippen LogP contribution in [0.4, 0.5) is 4.39 Å². The van der Waals surface area contributed by atoms with E-state index in [0.717, 1.165) is 0 Å². The van der Waals surface area contributed by atoms with Crippen molar-refractivity contribution in [3.05, 3.63) is 29.1 Å². The SMILES string of the molecule is COc1c(C(C)N)ccc(C)c1F. The van der Waals surface area contributed by atoms with E-state index in [1.165, 1.54) is 7.11 Å². The highest BCUT2D eigenvalue weighted by molar-refractivity contribution is 5.40. The molecular weight excluding hydrogens is 169 g/mol. The van der Waals surface area contributed by atoms with Gasteiger partial charge < -0.3 is 10.5 Å². The first-order valence-electron chi connectivity index (χ1n) is 4.16. The molecule has 1 atom stereocenters. The number of rotatable bonds is 2. The van der Waals surface area contributed by atoms with Crippen LogP contribution >= 0.6 is 0 Å². The molecule has 0 spiro atoms. The molecule has 0 saturated carbocycles. The minimum absolute atomic E-state index is 0.218. The van der Waals surface area contributed by atoms with E-state index in [4.69, 9.17) is 10.5 Å². The first-order chi connectivity index (χ1) is 6.07. The van der Waals surface area contributed by atoms with Crippen LogP contribution in [0.5, 0.6) is 5.75 Å². The lowest BCUT2D eigenvalue weighted by Gasteiger charge is -2.13. The first-order valence-corrected chi connectivity index (χ1v) is 4.16. The van der Waals surface area contributed by atoms with E-state index in [1.54, 1.807) is 26.0 Å². The average Bonchev–Trinajstić information content (AvgIpc) is 2.09. The minimum atomic E-state index is -0.322. The predicted octanol–water partition coefficient (Wildman–Crippen LogP) is 2.16. The molecule has 0 fully saturated rings. The van der Waals surface area contributed by atoms with E-state index in [9.17, 15) is 4.39 Å². The van der Waals surface area contributed by atoms with Crippen molar-refractivity contribution in [2.45, 2.75) is 19.9 Å². The number of aryl methyl sites for hydroxylation is 1. The number of benzene rings is 1. The lowest BCUT2D eigenvalue weighted by Crippen LogP contribution is -2.08. The maximum Gasteiger partial charge on any atom is 0.168 e. The third-order valence-corrected chi connectivity index (χ3v) is 2.02. The summed E-state index contributed by atoms with van der Waals surface area (Å²) in [5.74, 6) is -0.0627. The topological polar surface area (TPSA) is 35.2 Å². The van der Waals surface area contributed by atoms with E-state index in [2.05, 4.69) is 0 Å². The van der Waals surface area contributed by atoms with E-state index in [-0.39, 0.29) is 17.6 Å². The predicted molar refractivity (Wildman–Crippen MR) is 50.3 cm³/mol. The number of halogens is 1. The summed E-state index contributed by atoms with van der Waals surface area (Å²) in [7, 11) is 1.45. The standard InChI is InChI=1S/C10H14FNO/c1-6-4-5-8(7(2)12)10(13-3)9(6)11/h4-5,7H,12H2,1-3H3. The van der Waals surface area contributed by atoms with Crippen LogP contribution in [-0.2, 0) is 0 Å². The highest BCUT2D eigenvalue weighted by atomic mass is 19.1. The van der Waals surface area contributed by atoms with Gasteiger partial charge in [0, 0.05) is 11.6 Å². The van der Waals surface area contributed by atoms with Gasteiger partial charge in [0.05, 0.1) is 7.11 Å². The molecule has 2 nitrogen and oxygen atoms in total. The summed E-state index contributed by atoms with van der Waals surface area (Å²) in [6, 6.07) is 3.28. The summed E-state index contributed by atoms with van der Waals surface area (Å²) in [6.45, 7) is 3.50. The highest BCUT2D eigenvalue weighted by Crippen LogP contribution is 2.28. The van der Waals surface area contributed by atoms with Crippen LogP contribution in [0.1, 0.15) is 24.1 Å². The number of nitrogens with two attached hydrogens (primary N) is 1. The molecule has 1 unspecified atom stereocenters. The van der Waals surface area contributed by atoms with Crippen molar-refractivity contribution in [2.75, 3.05) is 7.11 Å². The number of hydrogen-bond acceptors (Lipinski definition) is 2. The molecule has 0 aliphatic rings. The molecule has 2 N–H and O–H groups in total. The van der Waals surface area contributed by atoms with Gasteiger partial charge >= 0.3 is 0 Å². The fourth-order valence-electron chi connectivity index (χ4n) is 1.24. The summed E-state index contributed by atoms with van der Waals surface area (Å²) in [6.07, 6.45) is 0. The molecule has 0 aliphatic carbocycles. The lowest BCUT2D eigenvalue weighted by atomic mass is 10.1. The summed E-state index contributed by atoms with van der Waals surface area (Å²) in [4.78, 5) is 0. The second-order valence-electron chi connectivity index (χ2n) is 3.11. The molecule has 3 heteroatoms. The van der Waals surface area contributed by atoms with Crippen LogP contribution in [0.15, 0.2) is 12.1 Å². The van der Waals surface area contributed by atoms with Crippen molar-refractivity contribution < 1.29 is 9.13 Å². The first kappa shape index (κ1) is 9.99. The molecule has 72 valence electrons. The van der Waals surface area contributed by atoms with Gasteiger partial charge in [0.2, 0.25) is 0 Å². The second kappa shape index (κ2) is 3.75. The van der Waals surface area contributed by atoms with Crippen LogP contribution in [-0.4, -0.2) is 7.11 Å². The van der Waals surface area contributed by atoms with Gasteiger partial charge in [0.25, 0.3) is 0 Å². The fourth-order valence-corrected chi connectivity index (χ4v) is 1.24. The molecule has 0 saturated heterocycles. The molecular formula is C10H14FNO. The Hall–Kier alpha value is -1.09. The molecule has 0 amide bonds. The van der Waals surface area contributed by atoms with Gasteiger partial charge in [0.1, 0.15) is 0 Å². The van der Waals surface area contributed by atoms with Crippen LogP contribution in [0, 0.1) is 12.7 Å². The van der Waals surface area contributed by atoms with Crippen LogP contribution in [0.3, 0.4) is 0 Å². The maximum absolute atomic E-state index is 13.4. The van der Waals surface area contributed by atoms with Gasteiger partial charge in [-0.1, -0.05) is 12.1 Å². The Labute approximate surface area is 77.5 Å². The Morgan fingerprint density at radius 2 is 2.08 bits per heavy atom. The summed E-state index contributed by atoms with van der Waals surface area (Å²) < 4.78 is 18.4. The van der Waals surface area contributed by atoms with Gasteiger partial charge in [-0.25, -0.2) is 4.39 Å². The number of methoxy groups -OCH3 is 1. The maximum atomic E-state index is 13.4. The highest BCUT2D eigenvalue weighted by Gasteiger charge is 2.13. The minimum Gasteiger partial charge on any atom is -0.493 e. The Bertz CT molecular complexity index is 310. The Morgan fingerprint density at radius 1 is 1.46 bits per heavy atom. The fraction of sp³-hybridized carbons (Fsp3) is 0.400. The third-order valence-electron chi connectivity index (χ3n) is 2.02. The van der Waals surface area contributed by atoms with Crippen LogP contribution in [0.2, 0.25) is 0 Å². The third kappa shape index (κ3) is 1.80. The molecule has 1 rings (SSSR count). The molecule has 0 bridgehead atoms. The van der Waals surface area contributed by atoms with Gasteiger partial charge in [-0.15, -0.1) is 0 Å². The van der Waals surface area contributed by atoms with Crippen molar-refractivity contribution in [1.82, 2.24) is 0 Å². The zero-order valence-corrected chi connectivity index (χ0v) is 8.10. The second-order valence-corrected chi connectivity index (χ2v) is 3.11. The summed E-state index contributed by atoms with van der Waals surface area (Å²) in [5, 5.41) is 0. The Morgan fingerprint density at radius 3 is 2.54 bits per heavy atom. The number of hydrogen-bond donors (Lipinski definition) is 1. The smallest absolute Gasteiger partial charge is 0.168 e. The van der Waals surface area contributed by atoms with Crippen molar-refractivity contribution >= 4 is 0 Å². The van der Waals surface area contributed by atoms with Gasteiger partial charge in [0.15, 0.2) is 11.6 Å². The molecule has 1 aromatic carbocycles. The van der Waals surface area contributed by atoms with Crippen molar-refractivity contribution in [3.8, 4) is 5.75 Å². The van der Waals surface area contributed by atoms with Gasteiger partial charge in [-0.05, 0) is 19.4 Å². The Balaban J connectivity index is 3.30. The quantitative estimate of drug-likeness (QED) is 0.762. The zero-order chi connectivity index (χ0) is 10.0. The van der Waals surface area contributed by atoms with E-state index < -0.39 is 0 Å². The zero-order valence-electron chi connectivity index (χ0n) is 8.10. The van der Waals surface area contributed by atoms with E-state index >= 15 is 0 Å². The van der Waals surface area contributed by atoms with Crippen LogP contribution in [0.25, 0.3) is 0 Å².